The van der Waals surface area contributed by atoms with Crippen molar-refractivity contribution < 1.29 is 23.4 Å². The number of aryl methyl sites for hydroxylation is 2. The quantitative estimate of drug-likeness (QED) is 0.442. The molecular formula is C23H24O6. The van der Waals surface area contributed by atoms with Crippen molar-refractivity contribution >= 4 is 16.9 Å². The average Bonchev–Trinajstić information content (AvgIpc) is 2.73. The summed E-state index contributed by atoms with van der Waals surface area (Å²) in [5.41, 5.74) is 3.09. The van der Waals surface area contributed by atoms with Gasteiger partial charge in [0.05, 0.1) is 14.2 Å². The molecule has 1 heterocycles. The number of carbonyl (C=O) groups is 1. The fourth-order valence-corrected chi connectivity index (χ4v) is 3.27. The van der Waals surface area contributed by atoms with Crippen LogP contribution in [-0.2, 0) is 22.6 Å². The highest BCUT2D eigenvalue weighted by Gasteiger charge is 2.16. The van der Waals surface area contributed by atoms with Gasteiger partial charge in [0.25, 0.3) is 0 Å². The highest BCUT2D eigenvalue weighted by atomic mass is 16.5. The van der Waals surface area contributed by atoms with Crippen molar-refractivity contribution in [1.29, 1.82) is 0 Å². The Hall–Kier alpha value is -3.28. The molecule has 0 saturated carbocycles. The number of hydrogen-bond donors (Lipinski definition) is 0. The van der Waals surface area contributed by atoms with Crippen molar-refractivity contribution in [3.63, 3.8) is 0 Å². The second-order valence-electron chi connectivity index (χ2n) is 6.77. The Balaban J connectivity index is 1.89. The van der Waals surface area contributed by atoms with Gasteiger partial charge < -0.3 is 18.6 Å². The molecular weight excluding hydrogens is 372 g/mol. The fraction of sp³-hybridized carbons (Fsp3) is 0.304. The largest absolute Gasteiger partial charge is 0.497 e. The lowest BCUT2D eigenvalue weighted by atomic mass is 10.0. The predicted molar refractivity (Wildman–Crippen MR) is 110 cm³/mol. The second-order valence-corrected chi connectivity index (χ2v) is 6.77. The summed E-state index contributed by atoms with van der Waals surface area (Å²) in [7, 11) is 2.95. The van der Waals surface area contributed by atoms with E-state index in [1.807, 2.05) is 50.2 Å². The Kier molecular flexibility index (Phi) is 6.22. The van der Waals surface area contributed by atoms with E-state index in [0.29, 0.717) is 23.5 Å². The molecule has 1 aromatic heterocycles. The molecule has 0 bridgehead atoms. The number of methoxy groups -OCH3 is 2. The van der Waals surface area contributed by atoms with Gasteiger partial charge in [0.1, 0.15) is 23.7 Å². The van der Waals surface area contributed by atoms with Gasteiger partial charge in [-0.05, 0) is 55.7 Å². The van der Waals surface area contributed by atoms with Crippen molar-refractivity contribution in [2.45, 2.75) is 33.3 Å². The molecule has 29 heavy (non-hydrogen) atoms. The topological polar surface area (TPSA) is 75.0 Å². The highest BCUT2D eigenvalue weighted by molar-refractivity contribution is 5.85. The van der Waals surface area contributed by atoms with E-state index in [1.54, 1.807) is 7.11 Å². The fourth-order valence-electron chi connectivity index (χ4n) is 3.27. The van der Waals surface area contributed by atoms with E-state index in [4.69, 9.17) is 13.9 Å². The minimum atomic E-state index is -0.438. The van der Waals surface area contributed by atoms with Crippen molar-refractivity contribution in [3.05, 3.63) is 69.1 Å². The van der Waals surface area contributed by atoms with Gasteiger partial charge in [0.15, 0.2) is 0 Å². The second kappa shape index (κ2) is 8.82. The third-order valence-electron chi connectivity index (χ3n) is 4.99. The van der Waals surface area contributed by atoms with Crippen LogP contribution in [-0.4, -0.2) is 20.2 Å². The summed E-state index contributed by atoms with van der Waals surface area (Å²) in [6, 6.07) is 11.4. The van der Waals surface area contributed by atoms with Gasteiger partial charge in [-0.25, -0.2) is 4.79 Å². The summed E-state index contributed by atoms with van der Waals surface area (Å²) in [5.74, 6) is 1.05. The van der Waals surface area contributed by atoms with E-state index in [9.17, 15) is 9.59 Å². The lowest BCUT2D eigenvalue weighted by Gasteiger charge is -2.13. The first-order valence-corrected chi connectivity index (χ1v) is 9.33. The molecule has 6 heteroatoms. The Labute approximate surface area is 169 Å². The first kappa shape index (κ1) is 20.5. The molecule has 0 atom stereocenters. The van der Waals surface area contributed by atoms with Crippen LogP contribution in [0.5, 0.6) is 11.5 Å². The number of hydrogen-bond acceptors (Lipinski definition) is 6. The van der Waals surface area contributed by atoms with E-state index < -0.39 is 5.63 Å². The highest BCUT2D eigenvalue weighted by Crippen LogP contribution is 2.30. The molecule has 0 fully saturated rings. The molecule has 6 nitrogen and oxygen atoms in total. The monoisotopic (exact) mass is 396 g/mol. The molecule has 152 valence electrons. The zero-order valence-corrected chi connectivity index (χ0v) is 17.0. The van der Waals surface area contributed by atoms with Crippen LogP contribution >= 0.6 is 0 Å². The summed E-state index contributed by atoms with van der Waals surface area (Å²) >= 11 is 0. The maximum Gasteiger partial charge on any atom is 0.339 e. The molecule has 0 amide bonds. The van der Waals surface area contributed by atoms with Crippen molar-refractivity contribution in [3.8, 4) is 11.5 Å². The van der Waals surface area contributed by atoms with E-state index in [2.05, 4.69) is 4.74 Å². The summed E-state index contributed by atoms with van der Waals surface area (Å²) in [6.45, 7) is 4.09. The molecule has 3 rings (SSSR count). The Morgan fingerprint density at radius 3 is 2.59 bits per heavy atom. The SMILES string of the molecule is COC(=O)CCc1c(C)c2ccc(OCc3cccc(OC)c3)c(C)c2oc1=O. The predicted octanol–water partition coefficient (Wildman–Crippen LogP) is 4.10. The number of carbonyl (C=O) groups excluding carboxylic acids is 1. The number of fused-ring (bicyclic) bond motifs is 1. The molecule has 0 aliphatic heterocycles. The normalized spacial score (nSPS) is 10.8. The first-order valence-electron chi connectivity index (χ1n) is 9.33. The maximum atomic E-state index is 12.5. The smallest absolute Gasteiger partial charge is 0.339 e. The summed E-state index contributed by atoms with van der Waals surface area (Å²) in [4.78, 5) is 23.9. The molecule has 0 spiro atoms. The van der Waals surface area contributed by atoms with Gasteiger partial charge in [-0.2, -0.15) is 0 Å². The Morgan fingerprint density at radius 1 is 1.07 bits per heavy atom. The van der Waals surface area contributed by atoms with Crippen molar-refractivity contribution in [2.75, 3.05) is 14.2 Å². The van der Waals surface area contributed by atoms with Gasteiger partial charge in [0.2, 0.25) is 0 Å². The van der Waals surface area contributed by atoms with Gasteiger partial charge in [0, 0.05) is 22.9 Å². The van der Waals surface area contributed by atoms with Gasteiger partial charge >= 0.3 is 11.6 Å². The van der Waals surface area contributed by atoms with Crippen LogP contribution in [0, 0.1) is 13.8 Å². The standard InChI is InChI=1S/C23H24O6/c1-14-18-8-10-20(28-13-16-6-5-7-17(12-16)26-3)15(2)22(18)29-23(25)19(14)9-11-21(24)27-4/h5-8,10,12H,9,11,13H2,1-4H3. The summed E-state index contributed by atoms with van der Waals surface area (Å²) < 4.78 is 21.4. The number of esters is 1. The third kappa shape index (κ3) is 4.42. The van der Waals surface area contributed by atoms with E-state index in [1.165, 1.54) is 7.11 Å². The number of ether oxygens (including phenoxy) is 3. The van der Waals surface area contributed by atoms with Crippen molar-refractivity contribution in [1.82, 2.24) is 0 Å². The minimum Gasteiger partial charge on any atom is -0.497 e. The van der Waals surface area contributed by atoms with E-state index >= 15 is 0 Å². The zero-order chi connectivity index (χ0) is 21.0. The van der Waals surface area contributed by atoms with Crippen LogP contribution in [0.3, 0.4) is 0 Å². The van der Waals surface area contributed by atoms with Crippen LogP contribution < -0.4 is 15.1 Å². The molecule has 0 aliphatic carbocycles. The average molecular weight is 396 g/mol. The van der Waals surface area contributed by atoms with Crippen LogP contribution in [0.25, 0.3) is 11.0 Å². The molecule has 2 aromatic carbocycles. The van der Waals surface area contributed by atoms with Crippen LogP contribution in [0.4, 0.5) is 0 Å². The lowest BCUT2D eigenvalue weighted by Crippen LogP contribution is -2.13. The summed E-state index contributed by atoms with van der Waals surface area (Å²) in [5, 5.41) is 0.829. The van der Waals surface area contributed by atoms with E-state index in [-0.39, 0.29) is 18.8 Å². The molecule has 0 saturated heterocycles. The minimum absolute atomic E-state index is 0.133. The number of rotatable bonds is 7. The summed E-state index contributed by atoms with van der Waals surface area (Å²) in [6.07, 6.45) is 0.415. The Morgan fingerprint density at radius 2 is 1.86 bits per heavy atom. The van der Waals surface area contributed by atoms with Crippen LogP contribution in [0.15, 0.2) is 45.6 Å². The van der Waals surface area contributed by atoms with E-state index in [0.717, 1.165) is 27.8 Å². The molecule has 0 unspecified atom stereocenters. The molecule has 0 aliphatic rings. The lowest BCUT2D eigenvalue weighted by molar-refractivity contribution is -0.140. The third-order valence-corrected chi connectivity index (χ3v) is 4.99. The zero-order valence-electron chi connectivity index (χ0n) is 17.0. The van der Waals surface area contributed by atoms with Gasteiger partial charge in [-0.1, -0.05) is 12.1 Å². The van der Waals surface area contributed by atoms with Crippen molar-refractivity contribution in [2.24, 2.45) is 0 Å². The molecule has 3 aromatic rings. The molecule has 0 radical (unpaired) electrons. The van der Waals surface area contributed by atoms with Gasteiger partial charge in [-0.15, -0.1) is 0 Å². The molecule has 0 N–H and O–H groups in total. The maximum absolute atomic E-state index is 12.5. The van der Waals surface area contributed by atoms with Crippen LogP contribution in [0.2, 0.25) is 0 Å². The Bertz CT molecular complexity index is 1100. The number of benzene rings is 2. The van der Waals surface area contributed by atoms with Gasteiger partial charge in [-0.3, -0.25) is 4.79 Å². The first-order chi connectivity index (χ1) is 13.9. The van der Waals surface area contributed by atoms with Crippen LogP contribution in [0.1, 0.15) is 28.7 Å².